The maximum absolute atomic E-state index is 13.1. The Balaban J connectivity index is 2.21. The molecule has 2 atom stereocenters. The van der Waals surface area contributed by atoms with Crippen LogP contribution in [0.3, 0.4) is 0 Å². The Labute approximate surface area is 177 Å². The smallest absolute Gasteiger partial charge is 0.273 e. The van der Waals surface area contributed by atoms with E-state index >= 15 is 0 Å². The van der Waals surface area contributed by atoms with Crippen LogP contribution >= 0.6 is 0 Å². The maximum atomic E-state index is 13.1. The Bertz CT molecular complexity index is 870. The van der Waals surface area contributed by atoms with E-state index < -0.39 is 11.0 Å². The molecule has 2 aromatic carbocycles. The zero-order chi connectivity index (χ0) is 22.1. The number of carbonyl (C=O) groups is 2. The summed E-state index contributed by atoms with van der Waals surface area (Å²) >= 11 is 0. The van der Waals surface area contributed by atoms with E-state index in [1.165, 1.54) is 11.0 Å². The molecule has 2 rings (SSSR count). The molecular weight excluding hydrogens is 382 g/mol. The average Bonchev–Trinajstić information content (AvgIpc) is 2.74. The van der Waals surface area contributed by atoms with Crippen molar-refractivity contribution < 1.29 is 14.5 Å². The number of nitrogens with zero attached hydrogens (tertiary/aromatic N) is 2. The largest absolute Gasteiger partial charge is 0.352 e. The molecule has 1 N–H and O–H groups in total. The fourth-order valence-electron chi connectivity index (χ4n) is 3.14. The van der Waals surface area contributed by atoms with Gasteiger partial charge >= 0.3 is 0 Å². The van der Waals surface area contributed by atoms with Gasteiger partial charge in [0.15, 0.2) is 0 Å². The summed E-state index contributed by atoms with van der Waals surface area (Å²) in [5.74, 6) is -0.541. The van der Waals surface area contributed by atoms with Crippen LogP contribution in [0.5, 0.6) is 0 Å². The molecule has 2 unspecified atom stereocenters. The molecule has 0 aliphatic carbocycles. The van der Waals surface area contributed by atoms with E-state index in [0.29, 0.717) is 18.5 Å². The first-order chi connectivity index (χ1) is 14.3. The minimum Gasteiger partial charge on any atom is -0.352 e. The van der Waals surface area contributed by atoms with Gasteiger partial charge in [-0.05, 0) is 32.3 Å². The van der Waals surface area contributed by atoms with Crippen LogP contribution < -0.4 is 5.32 Å². The first-order valence-corrected chi connectivity index (χ1v) is 10.2. The third kappa shape index (κ3) is 6.40. The van der Waals surface area contributed by atoms with Crippen molar-refractivity contribution in [3.05, 3.63) is 75.8 Å². The second kappa shape index (κ2) is 11.1. The van der Waals surface area contributed by atoms with Crippen LogP contribution in [0.15, 0.2) is 54.6 Å². The molecule has 7 heteroatoms. The Hall–Kier alpha value is -3.22. The fraction of sp³-hybridized carbons (Fsp3) is 0.391. The van der Waals surface area contributed by atoms with E-state index in [1.807, 2.05) is 44.2 Å². The molecule has 0 heterocycles. The van der Waals surface area contributed by atoms with Crippen molar-refractivity contribution in [1.29, 1.82) is 0 Å². The van der Waals surface area contributed by atoms with Crippen molar-refractivity contribution in [1.82, 2.24) is 10.2 Å². The summed E-state index contributed by atoms with van der Waals surface area (Å²) in [5, 5.41) is 14.2. The predicted octanol–water partition coefficient (Wildman–Crippen LogP) is 3.51. The summed E-state index contributed by atoms with van der Waals surface area (Å²) < 4.78 is 0. The third-order valence-electron chi connectivity index (χ3n) is 5.18. The van der Waals surface area contributed by atoms with Gasteiger partial charge in [-0.1, -0.05) is 55.5 Å². The van der Waals surface area contributed by atoms with E-state index in [2.05, 4.69) is 5.32 Å². The summed E-state index contributed by atoms with van der Waals surface area (Å²) in [6, 6.07) is 15.2. The van der Waals surface area contributed by atoms with Gasteiger partial charge < -0.3 is 10.2 Å². The van der Waals surface area contributed by atoms with Crippen LogP contribution in [-0.4, -0.2) is 40.3 Å². The van der Waals surface area contributed by atoms with Gasteiger partial charge in [-0.25, -0.2) is 0 Å². The molecule has 0 spiro atoms. The number of nitro groups is 1. The SMILES string of the molecule is CCC(C)NC(=O)C(C)N(CCc1ccccc1)C(=O)Cc1ccccc1[N+](=O)[O-]. The molecule has 0 fully saturated rings. The lowest BCUT2D eigenvalue weighted by Crippen LogP contribution is -2.50. The second-order valence-corrected chi connectivity index (χ2v) is 7.38. The van der Waals surface area contributed by atoms with Crippen molar-refractivity contribution in [2.75, 3.05) is 6.54 Å². The van der Waals surface area contributed by atoms with Crippen molar-refractivity contribution in [2.45, 2.75) is 52.1 Å². The number of para-hydroxylation sites is 1. The molecule has 2 amide bonds. The molecule has 0 aliphatic rings. The normalized spacial score (nSPS) is 12.6. The van der Waals surface area contributed by atoms with Crippen molar-refractivity contribution in [3.63, 3.8) is 0 Å². The van der Waals surface area contributed by atoms with Gasteiger partial charge in [0.2, 0.25) is 11.8 Å². The van der Waals surface area contributed by atoms with E-state index in [4.69, 9.17) is 0 Å². The number of carbonyl (C=O) groups excluding carboxylic acids is 2. The molecule has 30 heavy (non-hydrogen) atoms. The number of hydrogen-bond donors (Lipinski definition) is 1. The van der Waals surface area contributed by atoms with Gasteiger partial charge in [-0.15, -0.1) is 0 Å². The molecule has 0 radical (unpaired) electrons. The summed E-state index contributed by atoms with van der Waals surface area (Å²) in [6.07, 6.45) is 1.24. The molecule has 0 bridgehead atoms. The van der Waals surface area contributed by atoms with Crippen LogP contribution in [0.2, 0.25) is 0 Å². The van der Waals surface area contributed by atoms with Gasteiger partial charge in [0.05, 0.1) is 11.3 Å². The zero-order valence-corrected chi connectivity index (χ0v) is 17.7. The van der Waals surface area contributed by atoms with Gasteiger partial charge in [-0.2, -0.15) is 0 Å². The molecular formula is C23H29N3O4. The zero-order valence-electron chi connectivity index (χ0n) is 17.7. The molecule has 7 nitrogen and oxygen atoms in total. The minimum absolute atomic E-state index is 0.00114. The van der Waals surface area contributed by atoms with Gasteiger partial charge in [0, 0.05) is 24.2 Å². The lowest BCUT2D eigenvalue weighted by molar-refractivity contribution is -0.385. The van der Waals surface area contributed by atoms with Crippen LogP contribution in [0.4, 0.5) is 5.69 Å². The molecule has 0 saturated carbocycles. The van der Waals surface area contributed by atoms with Crippen LogP contribution in [0.25, 0.3) is 0 Å². The minimum atomic E-state index is -0.682. The first-order valence-electron chi connectivity index (χ1n) is 10.2. The summed E-state index contributed by atoms with van der Waals surface area (Å²) in [5.41, 5.74) is 1.30. The summed E-state index contributed by atoms with van der Waals surface area (Å²) in [6.45, 7) is 5.93. The van der Waals surface area contributed by atoms with Gasteiger partial charge in [-0.3, -0.25) is 19.7 Å². The highest BCUT2D eigenvalue weighted by molar-refractivity contribution is 5.88. The highest BCUT2D eigenvalue weighted by Gasteiger charge is 2.28. The molecule has 0 aliphatic heterocycles. The van der Waals surface area contributed by atoms with E-state index in [9.17, 15) is 19.7 Å². The number of nitro benzene ring substituents is 1. The fourth-order valence-corrected chi connectivity index (χ4v) is 3.14. The van der Waals surface area contributed by atoms with E-state index in [1.54, 1.807) is 25.1 Å². The lowest BCUT2D eigenvalue weighted by Gasteiger charge is -2.29. The van der Waals surface area contributed by atoms with Gasteiger partial charge in [0.25, 0.3) is 5.69 Å². The molecule has 2 aromatic rings. The third-order valence-corrected chi connectivity index (χ3v) is 5.18. The number of benzene rings is 2. The maximum Gasteiger partial charge on any atom is 0.273 e. The Morgan fingerprint density at radius 1 is 1.07 bits per heavy atom. The Kier molecular flexibility index (Phi) is 8.53. The van der Waals surface area contributed by atoms with Gasteiger partial charge in [0.1, 0.15) is 6.04 Å². The number of rotatable bonds is 10. The Morgan fingerprint density at radius 2 is 1.70 bits per heavy atom. The molecule has 0 aromatic heterocycles. The Morgan fingerprint density at radius 3 is 2.33 bits per heavy atom. The standard InChI is InChI=1S/C23H29N3O4/c1-4-17(2)24-23(28)18(3)25(15-14-19-10-6-5-7-11-19)22(27)16-20-12-8-9-13-21(20)26(29)30/h5-13,17-18H,4,14-16H2,1-3H3,(H,24,28). The topological polar surface area (TPSA) is 92.6 Å². The monoisotopic (exact) mass is 411 g/mol. The second-order valence-electron chi connectivity index (χ2n) is 7.38. The van der Waals surface area contributed by atoms with Crippen LogP contribution in [0.1, 0.15) is 38.3 Å². The summed E-state index contributed by atoms with van der Waals surface area (Å²) in [7, 11) is 0. The predicted molar refractivity (Wildman–Crippen MR) is 116 cm³/mol. The number of amides is 2. The van der Waals surface area contributed by atoms with E-state index in [0.717, 1.165) is 12.0 Å². The van der Waals surface area contributed by atoms with Crippen molar-refractivity contribution in [2.24, 2.45) is 0 Å². The lowest BCUT2D eigenvalue weighted by atomic mass is 10.1. The number of hydrogen-bond acceptors (Lipinski definition) is 4. The summed E-state index contributed by atoms with van der Waals surface area (Å²) in [4.78, 5) is 38.1. The first kappa shape index (κ1) is 23.1. The van der Waals surface area contributed by atoms with Crippen molar-refractivity contribution in [3.8, 4) is 0 Å². The number of nitrogens with one attached hydrogen (secondary N) is 1. The highest BCUT2D eigenvalue weighted by Crippen LogP contribution is 2.19. The van der Waals surface area contributed by atoms with Crippen LogP contribution in [-0.2, 0) is 22.4 Å². The van der Waals surface area contributed by atoms with Crippen molar-refractivity contribution >= 4 is 17.5 Å². The highest BCUT2D eigenvalue weighted by atomic mass is 16.6. The van der Waals surface area contributed by atoms with E-state index in [-0.39, 0.29) is 30.0 Å². The van der Waals surface area contributed by atoms with Crippen LogP contribution in [0, 0.1) is 10.1 Å². The molecule has 0 saturated heterocycles. The molecule has 160 valence electrons. The quantitative estimate of drug-likeness (QED) is 0.478. The average molecular weight is 412 g/mol.